The average molecular weight is 478 g/mol. The maximum Gasteiger partial charge on any atom is 0.245 e. The van der Waals surface area contributed by atoms with E-state index in [9.17, 15) is 8.76 Å². The molecule has 0 saturated carbocycles. The summed E-state index contributed by atoms with van der Waals surface area (Å²) in [6.07, 6.45) is 3.56. The smallest absolute Gasteiger partial charge is 0.245 e. The van der Waals surface area contributed by atoms with Gasteiger partial charge in [0.1, 0.15) is 5.82 Å². The molecule has 4 aromatic rings. The Morgan fingerprint density at radius 1 is 1.03 bits per heavy atom. The average Bonchev–Trinajstić information content (AvgIpc) is 3.27. The van der Waals surface area contributed by atoms with Crippen molar-refractivity contribution >= 4 is 34.2 Å². The van der Waals surface area contributed by atoms with Gasteiger partial charge in [-0.1, -0.05) is 18.2 Å². The SMILES string of the molecule is CN1CCN(c2ccc(Nc3ncc4ccc(-c5cccc(CNS(=O)[O-])c5)n4n3)cn2)CC1. The molecule has 0 radical (unpaired) electrons. The zero-order chi connectivity index (χ0) is 23.5. The Morgan fingerprint density at radius 2 is 1.88 bits per heavy atom. The minimum atomic E-state index is -2.30. The fraction of sp³-hybridized carbons (Fsp3) is 0.261. The Kier molecular flexibility index (Phi) is 6.50. The van der Waals surface area contributed by atoms with Crippen molar-refractivity contribution < 1.29 is 8.76 Å². The maximum atomic E-state index is 10.8. The number of piperazine rings is 1. The summed E-state index contributed by atoms with van der Waals surface area (Å²) in [5, 5.41) is 7.90. The first kappa shape index (κ1) is 22.4. The van der Waals surface area contributed by atoms with Crippen LogP contribution in [0, 0.1) is 0 Å². The molecule has 1 aromatic carbocycles. The second kappa shape index (κ2) is 9.85. The fourth-order valence-corrected chi connectivity index (χ4v) is 4.26. The molecule has 5 rings (SSSR count). The predicted octanol–water partition coefficient (Wildman–Crippen LogP) is 2.17. The number of rotatable bonds is 7. The summed E-state index contributed by atoms with van der Waals surface area (Å²) in [7, 11) is 2.14. The van der Waals surface area contributed by atoms with Crippen LogP contribution in [0.25, 0.3) is 16.8 Å². The largest absolute Gasteiger partial charge is 0.760 e. The lowest BCUT2D eigenvalue weighted by molar-refractivity contribution is 0.312. The predicted molar refractivity (Wildman–Crippen MR) is 131 cm³/mol. The number of anilines is 3. The van der Waals surface area contributed by atoms with Crippen molar-refractivity contribution in [3.8, 4) is 11.3 Å². The van der Waals surface area contributed by atoms with E-state index in [1.54, 1.807) is 12.4 Å². The Morgan fingerprint density at radius 3 is 2.65 bits per heavy atom. The van der Waals surface area contributed by atoms with Gasteiger partial charge in [0.05, 0.1) is 29.3 Å². The van der Waals surface area contributed by atoms with Crippen molar-refractivity contribution in [1.82, 2.24) is 29.2 Å². The summed E-state index contributed by atoms with van der Waals surface area (Å²) < 4.78 is 25.8. The molecule has 2 N–H and O–H groups in total. The van der Waals surface area contributed by atoms with Crippen LogP contribution >= 0.6 is 0 Å². The minimum absolute atomic E-state index is 0.228. The van der Waals surface area contributed by atoms with Crippen molar-refractivity contribution in [2.45, 2.75) is 6.54 Å². The van der Waals surface area contributed by atoms with Gasteiger partial charge in [-0.25, -0.2) is 19.2 Å². The van der Waals surface area contributed by atoms with Gasteiger partial charge in [-0.3, -0.25) is 4.21 Å². The zero-order valence-corrected chi connectivity index (χ0v) is 19.5. The van der Waals surface area contributed by atoms with Gasteiger partial charge < -0.3 is 19.7 Å². The molecule has 34 heavy (non-hydrogen) atoms. The number of nitrogens with zero attached hydrogens (tertiary/aromatic N) is 6. The molecular formula is C23H25N8O2S-. The molecule has 4 heterocycles. The van der Waals surface area contributed by atoms with Crippen LogP contribution in [0.15, 0.2) is 60.9 Å². The Balaban J connectivity index is 1.34. The van der Waals surface area contributed by atoms with Gasteiger partial charge in [0.15, 0.2) is 0 Å². The molecule has 1 saturated heterocycles. The van der Waals surface area contributed by atoms with E-state index < -0.39 is 11.3 Å². The highest BCUT2D eigenvalue weighted by Gasteiger charge is 2.15. The standard InChI is InChI=1S/C23H26N8O2S/c1-29-9-11-30(12-10-29)22-8-5-19(15-24-22)27-23-25-16-20-6-7-21(31(20)28-23)18-4-2-3-17(13-18)14-26-34(32)33/h2-8,13,15-16,26H,9-12,14H2,1H3,(H,27,28)(H,32,33)/p-1. The molecule has 176 valence electrons. The Labute approximate surface area is 200 Å². The number of likely N-dealkylation sites (N-methyl/N-ethyl adjacent to an activating group) is 1. The van der Waals surface area contributed by atoms with Crippen molar-refractivity contribution in [1.29, 1.82) is 0 Å². The molecule has 1 unspecified atom stereocenters. The van der Waals surface area contributed by atoms with E-state index in [1.165, 1.54) is 0 Å². The molecule has 10 nitrogen and oxygen atoms in total. The van der Waals surface area contributed by atoms with Crippen molar-refractivity contribution in [3.05, 3.63) is 66.5 Å². The first-order valence-corrected chi connectivity index (χ1v) is 12.1. The highest BCUT2D eigenvalue weighted by atomic mass is 32.2. The zero-order valence-electron chi connectivity index (χ0n) is 18.7. The normalized spacial score (nSPS) is 15.5. The lowest BCUT2D eigenvalue weighted by Crippen LogP contribution is -2.44. The van der Waals surface area contributed by atoms with Gasteiger partial charge in [-0.2, -0.15) is 0 Å². The van der Waals surface area contributed by atoms with E-state index in [4.69, 9.17) is 0 Å². The fourth-order valence-electron chi connectivity index (χ4n) is 3.97. The summed E-state index contributed by atoms with van der Waals surface area (Å²) >= 11 is -2.30. The number of hydrogen-bond acceptors (Lipinski definition) is 8. The molecule has 11 heteroatoms. The number of fused-ring (bicyclic) bond motifs is 1. The molecule has 1 aliphatic rings. The number of nitrogens with one attached hydrogen (secondary N) is 2. The van der Waals surface area contributed by atoms with Gasteiger partial charge in [0.2, 0.25) is 5.95 Å². The molecule has 1 atom stereocenters. The lowest BCUT2D eigenvalue weighted by Gasteiger charge is -2.33. The number of hydrogen-bond donors (Lipinski definition) is 2. The molecule has 0 spiro atoms. The molecule has 0 bridgehead atoms. The summed E-state index contributed by atoms with van der Waals surface area (Å²) in [4.78, 5) is 13.6. The monoisotopic (exact) mass is 477 g/mol. The number of aromatic nitrogens is 4. The summed E-state index contributed by atoms with van der Waals surface area (Å²) in [5.74, 6) is 1.43. The first-order chi connectivity index (χ1) is 16.5. The van der Waals surface area contributed by atoms with Gasteiger partial charge in [-0.05, 0) is 42.9 Å². The highest BCUT2D eigenvalue weighted by Crippen LogP contribution is 2.24. The summed E-state index contributed by atoms with van der Waals surface area (Å²) in [5.41, 5.74) is 4.33. The van der Waals surface area contributed by atoms with E-state index >= 15 is 0 Å². The highest BCUT2D eigenvalue weighted by molar-refractivity contribution is 7.77. The molecular weight excluding hydrogens is 452 g/mol. The van der Waals surface area contributed by atoms with Crippen molar-refractivity contribution in [2.75, 3.05) is 43.4 Å². The van der Waals surface area contributed by atoms with Gasteiger partial charge >= 0.3 is 0 Å². The Hall–Kier alpha value is -3.38. The molecule has 0 aliphatic carbocycles. The van der Waals surface area contributed by atoms with Crippen LogP contribution in [-0.4, -0.2) is 66.5 Å². The molecule has 1 aliphatic heterocycles. The molecule has 0 amide bonds. The van der Waals surface area contributed by atoms with E-state index in [-0.39, 0.29) is 6.54 Å². The van der Waals surface area contributed by atoms with Gasteiger partial charge in [0.25, 0.3) is 0 Å². The minimum Gasteiger partial charge on any atom is -0.760 e. The number of benzene rings is 1. The van der Waals surface area contributed by atoms with E-state index in [2.05, 4.69) is 42.0 Å². The summed E-state index contributed by atoms with van der Waals surface area (Å²) in [6.45, 7) is 4.24. The third kappa shape index (κ3) is 5.07. The number of pyridine rings is 1. The second-order valence-corrected chi connectivity index (χ2v) is 8.97. The molecule has 1 fully saturated rings. The van der Waals surface area contributed by atoms with Gasteiger partial charge in [0, 0.05) is 49.6 Å². The second-order valence-electron chi connectivity index (χ2n) is 8.21. The van der Waals surface area contributed by atoms with E-state index in [0.717, 1.165) is 60.0 Å². The van der Waals surface area contributed by atoms with Crippen molar-refractivity contribution in [3.63, 3.8) is 0 Å². The Bertz CT molecular complexity index is 1300. The third-order valence-electron chi connectivity index (χ3n) is 5.85. The first-order valence-electron chi connectivity index (χ1n) is 11.0. The van der Waals surface area contributed by atoms with Crippen molar-refractivity contribution in [2.24, 2.45) is 0 Å². The maximum absolute atomic E-state index is 10.8. The van der Waals surface area contributed by atoms with E-state index in [0.29, 0.717) is 5.95 Å². The lowest BCUT2D eigenvalue weighted by atomic mass is 10.1. The third-order valence-corrected chi connectivity index (χ3v) is 6.23. The van der Waals surface area contributed by atoms with Crippen LogP contribution in [0.3, 0.4) is 0 Å². The van der Waals surface area contributed by atoms with Crippen LogP contribution in [0.1, 0.15) is 5.56 Å². The van der Waals surface area contributed by atoms with Crippen LogP contribution in [0.2, 0.25) is 0 Å². The van der Waals surface area contributed by atoms with E-state index in [1.807, 2.05) is 53.0 Å². The molecule has 3 aromatic heterocycles. The van der Waals surface area contributed by atoms with Crippen LogP contribution in [0.5, 0.6) is 0 Å². The van der Waals surface area contributed by atoms with Gasteiger partial charge in [-0.15, -0.1) is 5.10 Å². The van der Waals surface area contributed by atoms with Crippen LogP contribution in [0.4, 0.5) is 17.5 Å². The van der Waals surface area contributed by atoms with Crippen LogP contribution < -0.4 is 14.9 Å². The summed E-state index contributed by atoms with van der Waals surface area (Å²) in [6, 6.07) is 15.6. The topological polar surface area (TPSA) is 114 Å². The quantitative estimate of drug-likeness (QED) is 0.390. The van der Waals surface area contributed by atoms with Crippen LogP contribution in [-0.2, 0) is 17.8 Å².